The maximum Gasteiger partial charge on any atom is 0.206 e. The average Bonchev–Trinajstić information content (AvgIpc) is 3.27. The average molecular weight is 517 g/mol. The Morgan fingerprint density at radius 1 is 0.611 bits per heavy atom. The lowest BCUT2D eigenvalue weighted by atomic mass is 9.60. The van der Waals surface area contributed by atoms with Gasteiger partial charge in [0.05, 0.1) is 0 Å². The number of hydrogen-bond acceptors (Lipinski definition) is 2. The molecule has 0 fully saturated rings. The molecule has 0 saturated heterocycles. The minimum atomic E-state index is -1.07. The zero-order valence-electron chi connectivity index (χ0n) is 24.2. The molecule has 4 heteroatoms. The molecule has 2 aromatic rings. The molecule has 4 rings (SSSR count). The highest BCUT2D eigenvalue weighted by Crippen LogP contribution is 2.64. The Morgan fingerprint density at radius 2 is 0.944 bits per heavy atom. The summed E-state index contributed by atoms with van der Waals surface area (Å²) in [7, 11) is -2.15. The van der Waals surface area contributed by atoms with Gasteiger partial charge < -0.3 is 8.85 Å². The van der Waals surface area contributed by atoms with Crippen LogP contribution in [0, 0.1) is 16.7 Å². The summed E-state index contributed by atoms with van der Waals surface area (Å²) in [5.74, 6) is 0.0213. The highest BCUT2D eigenvalue weighted by molar-refractivity contribution is 6.49. The molecule has 0 N–H and O–H groups in total. The standard InChI is InChI=1S/C32H44O2Si2/c1-22(31(33-35(8)9)25-18-14-12-16-23(25)20-27(31)29(2,3)4)32(34-36(10)11)26-19-15-13-17-24(26)21-28(32)30(5,6)7/h12-22H,1-11H3. The van der Waals surface area contributed by atoms with Gasteiger partial charge in [-0.05, 0) is 70.4 Å². The number of benzene rings is 2. The van der Waals surface area contributed by atoms with E-state index in [1.54, 1.807) is 0 Å². The Balaban J connectivity index is 2.11. The van der Waals surface area contributed by atoms with Crippen LogP contribution in [0.15, 0.2) is 59.7 Å². The molecule has 36 heavy (non-hydrogen) atoms. The van der Waals surface area contributed by atoms with Gasteiger partial charge in [0.25, 0.3) is 0 Å². The van der Waals surface area contributed by atoms with E-state index in [0.717, 1.165) is 0 Å². The summed E-state index contributed by atoms with van der Waals surface area (Å²) in [4.78, 5) is 0. The first-order valence-electron chi connectivity index (χ1n) is 13.3. The Labute approximate surface area is 223 Å². The molecule has 0 aliphatic heterocycles. The fraction of sp³-hybridized carbons (Fsp3) is 0.500. The largest absolute Gasteiger partial charge is 0.404 e. The molecule has 0 saturated carbocycles. The summed E-state index contributed by atoms with van der Waals surface area (Å²) >= 11 is 0. The molecule has 0 heterocycles. The predicted octanol–water partition coefficient (Wildman–Crippen LogP) is 8.84. The van der Waals surface area contributed by atoms with Crippen molar-refractivity contribution in [3.8, 4) is 0 Å². The molecule has 0 bridgehead atoms. The van der Waals surface area contributed by atoms with Crippen LogP contribution >= 0.6 is 0 Å². The summed E-state index contributed by atoms with van der Waals surface area (Å²) in [5, 5.41) is 0. The van der Waals surface area contributed by atoms with E-state index < -0.39 is 29.3 Å². The normalized spacial score (nSPS) is 24.6. The molecular formula is C32H44O2Si2. The lowest BCUT2D eigenvalue weighted by molar-refractivity contribution is -0.0745. The van der Waals surface area contributed by atoms with Crippen molar-refractivity contribution in [1.82, 2.24) is 0 Å². The van der Waals surface area contributed by atoms with E-state index in [-0.39, 0.29) is 16.7 Å². The van der Waals surface area contributed by atoms with Gasteiger partial charge in [0.2, 0.25) is 18.1 Å². The van der Waals surface area contributed by atoms with Crippen molar-refractivity contribution in [2.75, 3.05) is 0 Å². The zero-order valence-corrected chi connectivity index (χ0v) is 26.2. The first kappa shape index (κ1) is 27.3. The van der Waals surface area contributed by atoms with Crippen molar-refractivity contribution in [2.24, 2.45) is 16.7 Å². The fourth-order valence-electron chi connectivity index (χ4n) is 6.54. The highest BCUT2D eigenvalue weighted by Gasteiger charge is 2.62. The smallest absolute Gasteiger partial charge is 0.206 e. The fourth-order valence-corrected chi connectivity index (χ4v) is 8.63. The van der Waals surface area contributed by atoms with Crippen LogP contribution in [0.5, 0.6) is 0 Å². The van der Waals surface area contributed by atoms with Crippen molar-refractivity contribution in [2.45, 2.75) is 85.9 Å². The lowest BCUT2D eigenvalue weighted by Crippen LogP contribution is -2.55. The van der Waals surface area contributed by atoms with Gasteiger partial charge in [0, 0.05) is 5.92 Å². The van der Waals surface area contributed by atoms with Crippen molar-refractivity contribution >= 4 is 30.2 Å². The molecule has 2 aromatic carbocycles. The van der Waals surface area contributed by atoms with E-state index in [1.165, 1.54) is 33.4 Å². The molecule has 2 radical (unpaired) electrons. The minimum absolute atomic E-state index is 0.0213. The molecule has 2 aliphatic rings. The third-order valence-corrected chi connectivity index (χ3v) is 9.15. The summed E-state index contributed by atoms with van der Waals surface area (Å²) in [6, 6.07) is 17.7. The molecule has 2 unspecified atom stereocenters. The summed E-state index contributed by atoms with van der Waals surface area (Å²) < 4.78 is 14.7. The van der Waals surface area contributed by atoms with Gasteiger partial charge in [-0.1, -0.05) is 109 Å². The van der Waals surface area contributed by atoms with Gasteiger partial charge in [0.1, 0.15) is 11.2 Å². The zero-order chi connectivity index (χ0) is 26.7. The Bertz CT molecular complexity index is 1100. The first-order valence-corrected chi connectivity index (χ1v) is 18.1. The third kappa shape index (κ3) is 4.24. The minimum Gasteiger partial charge on any atom is -0.404 e. The second kappa shape index (κ2) is 9.23. The molecule has 2 aliphatic carbocycles. The lowest BCUT2D eigenvalue weighted by Gasteiger charge is -2.54. The maximum absolute atomic E-state index is 7.36. The van der Waals surface area contributed by atoms with Crippen LogP contribution < -0.4 is 0 Å². The van der Waals surface area contributed by atoms with Gasteiger partial charge in [-0.2, -0.15) is 0 Å². The first-order chi connectivity index (χ1) is 16.7. The Kier molecular flexibility index (Phi) is 7.00. The van der Waals surface area contributed by atoms with Crippen LogP contribution in [0.2, 0.25) is 26.2 Å². The van der Waals surface area contributed by atoms with Crippen molar-refractivity contribution in [1.29, 1.82) is 0 Å². The van der Waals surface area contributed by atoms with Crippen LogP contribution in [0.1, 0.15) is 70.7 Å². The number of hydrogen-bond donors (Lipinski definition) is 0. The monoisotopic (exact) mass is 516 g/mol. The molecule has 192 valence electrons. The molecule has 2 atom stereocenters. The van der Waals surface area contributed by atoms with Crippen LogP contribution in [-0.4, -0.2) is 18.1 Å². The van der Waals surface area contributed by atoms with Gasteiger partial charge >= 0.3 is 0 Å². The maximum atomic E-state index is 7.36. The van der Waals surface area contributed by atoms with Gasteiger partial charge in [-0.3, -0.25) is 0 Å². The third-order valence-electron chi connectivity index (χ3n) is 7.69. The number of fused-ring (bicyclic) bond motifs is 2. The van der Waals surface area contributed by atoms with E-state index in [9.17, 15) is 0 Å². The molecule has 0 aromatic heterocycles. The topological polar surface area (TPSA) is 18.5 Å². The molecule has 0 amide bonds. The second-order valence-electron chi connectivity index (χ2n) is 13.0. The Morgan fingerprint density at radius 3 is 1.25 bits per heavy atom. The number of rotatable bonds is 6. The SMILES string of the molecule is CC(C1(O[Si](C)C)C(C(C)(C)C)=Cc2ccccc21)C1(O[Si](C)C)C(C(C)(C)C)=Cc2ccccc21. The Hall–Kier alpha value is -1.73. The summed E-state index contributed by atoms with van der Waals surface area (Å²) in [5.41, 5.74) is 6.55. The van der Waals surface area contributed by atoms with Crippen LogP contribution in [0.3, 0.4) is 0 Å². The van der Waals surface area contributed by atoms with Crippen LogP contribution in [-0.2, 0) is 20.1 Å². The van der Waals surface area contributed by atoms with Gasteiger partial charge in [-0.25, -0.2) is 0 Å². The summed E-state index contributed by atoms with van der Waals surface area (Å²) in [6.07, 6.45) is 4.82. The van der Waals surface area contributed by atoms with Crippen molar-refractivity contribution in [3.05, 3.63) is 81.9 Å². The van der Waals surface area contributed by atoms with Crippen LogP contribution in [0.4, 0.5) is 0 Å². The molecule has 2 nitrogen and oxygen atoms in total. The quantitative estimate of drug-likeness (QED) is 0.357. The van der Waals surface area contributed by atoms with Crippen molar-refractivity contribution < 1.29 is 8.85 Å². The van der Waals surface area contributed by atoms with E-state index >= 15 is 0 Å². The van der Waals surface area contributed by atoms with E-state index in [4.69, 9.17) is 8.85 Å². The summed E-state index contributed by atoms with van der Waals surface area (Å²) in [6.45, 7) is 25.5. The molecule has 0 spiro atoms. The van der Waals surface area contributed by atoms with E-state index in [2.05, 4.69) is 135 Å². The highest BCUT2D eigenvalue weighted by atomic mass is 28.3. The van der Waals surface area contributed by atoms with Gasteiger partial charge in [-0.15, -0.1) is 0 Å². The molecular weight excluding hydrogens is 473 g/mol. The van der Waals surface area contributed by atoms with E-state index in [1.807, 2.05) is 0 Å². The second-order valence-corrected chi connectivity index (χ2v) is 17.0. The van der Waals surface area contributed by atoms with Gasteiger partial charge in [0.15, 0.2) is 0 Å². The van der Waals surface area contributed by atoms with Crippen molar-refractivity contribution in [3.63, 3.8) is 0 Å². The predicted molar refractivity (Wildman–Crippen MR) is 157 cm³/mol. The van der Waals surface area contributed by atoms with Crippen LogP contribution in [0.25, 0.3) is 12.2 Å². The van der Waals surface area contributed by atoms with E-state index in [0.29, 0.717) is 0 Å².